The number of aromatic hydroxyl groups is 1. The number of fused-ring (bicyclic) bond motifs is 3. The van der Waals surface area contributed by atoms with Crippen LogP contribution in [0, 0.1) is 0 Å². The number of methoxy groups -OCH3 is 2. The maximum Gasteiger partial charge on any atom is 0.160 e. The minimum absolute atomic E-state index is 0.0515. The normalized spacial score (nSPS) is 16.3. The number of hydrogen-bond donors (Lipinski definition) is 2. The maximum absolute atomic E-state index is 9.96. The van der Waals surface area contributed by atoms with E-state index < -0.39 is 0 Å². The predicted octanol–water partition coefficient (Wildman–Crippen LogP) is 4.43. The van der Waals surface area contributed by atoms with Gasteiger partial charge in [-0.05, 0) is 59.5 Å². The summed E-state index contributed by atoms with van der Waals surface area (Å²) in [5.74, 6) is 1.51. The van der Waals surface area contributed by atoms with Crippen molar-refractivity contribution in [3.8, 4) is 17.2 Å². The molecule has 1 aliphatic rings. The fourth-order valence-corrected chi connectivity index (χ4v) is 4.58. The monoisotopic (exact) mass is 415 g/mol. The summed E-state index contributed by atoms with van der Waals surface area (Å²) < 4.78 is 10.8. The van der Waals surface area contributed by atoms with Gasteiger partial charge < -0.3 is 19.6 Å². The van der Waals surface area contributed by atoms with Crippen molar-refractivity contribution in [1.82, 2.24) is 14.9 Å². The maximum atomic E-state index is 9.96. The molecule has 6 heteroatoms. The highest BCUT2D eigenvalue weighted by Gasteiger charge is 2.32. The van der Waals surface area contributed by atoms with Gasteiger partial charge >= 0.3 is 0 Å². The average molecular weight is 415 g/mol. The summed E-state index contributed by atoms with van der Waals surface area (Å²) in [5, 5.41) is 11.2. The lowest BCUT2D eigenvalue weighted by atomic mass is 9.92. The van der Waals surface area contributed by atoms with Crippen LogP contribution in [0.2, 0.25) is 0 Å². The van der Waals surface area contributed by atoms with Crippen molar-refractivity contribution < 1.29 is 14.6 Å². The van der Waals surface area contributed by atoms with Gasteiger partial charge in [-0.15, -0.1) is 0 Å². The number of phenols is 1. The first-order valence-electron chi connectivity index (χ1n) is 10.4. The average Bonchev–Trinajstić information content (AvgIpc) is 3.18. The smallest absolute Gasteiger partial charge is 0.160 e. The number of hydrogen-bond acceptors (Lipinski definition) is 5. The fourth-order valence-electron chi connectivity index (χ4n) is 4.58. The van der Waals surface area contributed by atoms with Gasteiger partial charge in [0.2, 0.25) is 0 Å². The molecule has 0 saturated heterocycles. The van der Waals surface area contributed by atoms with Gasteiger partial charge in [-0.2, -0.15) is 0 Å². The van der Waals surface area contributed by atoms with Crippen LogP contribution in [0.3, 0.4) is 0 Å². The second-order valence-corrected chi connectivity index (χ2v) is 7.84. The lowest BCUT2D eigenvalue weighted by Gasteiger charge is -2.36. The Balaban J connectivity index is 1.59. The van der Waals surface area contributed by atoms with Crippen molar-refractivity contribution in [3.05, 3.63) is 83.3 Å². The molecule has 0 radical (unpaired) electrons. The molecule has 0 saturated carbocycles. The van der Waals surface area contributed by atoms with Crippen LogP contribution in [-0.2, 0) is 13.0 Å². The van der Waals surface area contributed by atoms with Gasteiger partial charge in [-0.1, -0.05) is 12.1 Å². The molecule has 1 unspecified atom stereocenters. The van der Waals surface area contributed by atoms with Crippen LogP contribution in [0.25, 0.3) is 10.9 Å². The Morgan fingerprint density at radius 2 is 2.03 bits per heavy atom. The minimum atomic E-state index is 0.0515. The van der Waals surface area contributed by atoms with Crippen LogP contribution in [0.1, 0.15) is 28.4 Å². The second-order valence-electron chi connectivity index (χ2n) is 7.84. The van der Waals surface area contributed by atoms with Crippen LogP contribution < -0.4 is 9.47 Å². The number of aromatic amines is 1. The van der Waals surface area contributed by atoms with E-state index in [1.807, 2.05) is 30.5 Å². The number of ether oxygens (including phenoxy) is 2. The highest BCUT2D eigenvalue weighted by molar-refractivity contribution is 5.86. The summed E-state index contributed by atoms with van der Waals surface area (Å²) in [6, 6.07) is 15.9. The molecule has 2 aromatic heterocycles. The molecule has 3 heterocycles. The molecule has 1 atom stereocenters. The van der Waals surface area contributed by atoms with Crippen molar-refractivity contribution >= 4 is 10.9 Å². The van der Waals surface area contributed by atoms with Gasteiger partial charge in [-0.25, -0.2) is 0 Å². The van der Waals surface area contributed by atoms with Crippen LogP contribution >= 0.6 is 0 Å². The number of benzene rings is 2. The molecular weight excluding hydrogens is 390 g/mol. The second kappa shape index (κ2) is 7.96. The van der Waals surface area contributed by atoms with E-state index in [1.165, 1.54) is 16.6 Å². The number of pyridine rings is 1. The first-order chi connectivity index (χ1) is 15.2. The Morgan fingerprint density at radius 3 is 2.81 bits per heavy atom. The standard InChI is InChI=1S/C25H25N3O3/c1-30-18-6-7-21-20(13-18)19-9-11-28(15-16-5-8-22(29)23(12-16)31-2)25(24(19)27-21)17-4-3-10-26-14-17/h3-8,10,12-14,25,27,29H,9,11,15H2,1-2H3. The minimum Gasteiger partial charge on any atom is -0.504 e. The Bertz CT molecular complexity index is 1220. The van der Waals surface area contributed by atoms with E-state index >= 15 is 0 Å². The zero-order valence-electron chi connectivity index (χ0n) is 17.6. The SMILES string of the molecule is COc1ccc2[nH]c3c(c2c1)CCN(Cc1ccc(O)c(OC)c1)C3c1cccnc1. The summed E-state index contributed by atoms with van der Waals surface area (Å²) in [6.07, 6.45) is 4.68. The van der Waals surface area contributed by atoms with Crippen molar-refractivity contribution in [2.24, 2.45) is 0 Å². The van der Waals surface area contributed by atoms with Crippen molar-refractivity contribution in [3.63, 3.8) is 0 Å². The van der Waals surface area contributed by atoms with Crippen LogP contribution in [0.5, 0.6) is 17.2 Å². The zero-order valence-corrected chi connectivity index (χ0v) is 17.6. The number of nitrogens with zero attached hydrogens (tertiary/aromatic N) is 2. The third-order valence-corrected chi connectivity index (χ3v) is 6.06. The number of H-pyrrole nitrogens is 1. The van der Waals surface area contributed by atoms with Gasteiger partial charge in [0, 0.05) is 42.1 Å². The Labute approximate surface area is 181 Å². The van der Waals surface area contributed by atoms with Crippen LogP contribution in [-0.4, -0.2) is 40.7 Å². The first-order valence-corrected chi connectivity index (χ1v) is 10.4. The lowest BCUT2D eigenvalue weighted by molar-refractivity contribution is 0.201. The van der Waals surface area contributed by atoms with Crippen molar-refractivity contribution in [2.75, 3.05) is 20.8 Å². The molecular formula is C25H25N3O3. The number of phenolic OH excluding ortho intramolecular Hbond substituents is 1. The van der Waals surface area contributed by atoms with E-state index in [0.29, 0.717) is 5.75 Å². The molecule has 0 amide bonds. The molecule has 158 valence electrons. The van der Waals surface area contributed by atoms with Gasteiger partial charge in [0.25, 0.3) is 0 Å². The van der Waals surface area contributed by atoms with Gasteiger partial charge in [0.1, 0.15) is 5.75 Å². The van der Waals surface area contributed by atoms with E-state index in [-0.39, 0.29) is 11.8 Å². The van der Waals surface area contributed by atoms with E-state index in [4.69, 9.17) is 9.47 Å². The van der Waals surface area contributed by atoms with Crippen molar-refractivity contribution in [1.29, 1.82) is 0 Å². The summed E-state index contributed by atoms with van der Waals surface area (Å²) >= 11 is 0. The number of rotatable bonds is 5. The Kier molecular flexibility index (Phi) is 5.00. The third kappa shape index (κ3) is 3.49. The summed E-state index contributed by atoms with van der Waals surface area (Å²) in [6.45, 7) is 1.63. The molecule has 0 spiro atoms. The molecule has 5 rings (SSSR count). The third-order valence-electron chi connectivity index (χ3n) is 6.06. The quantitative estimate of drug-likeness (QED) is 0.505. The first kappa shape index (κ1) is 19.5. The highest BCUT2D eigenvalue weighted by atomic mass is 16.5. The largest absolute Gasteiger partial charge is 0.504 e. The molecule has 2 aromatic carbocycles. The topological polar surface area (TPSA) is 70.6 Å². The molecule has 6 nitrogen and oxygen atoms in total. The summed E-state index contributed by atoms with van der Waals surface area (Å²) in [4.78, 5) is 10.5. The molecule has 4 aromatic rings. The number of aromatic nitrogens is 2. The number of nitrogens with one attached hydrogen (secondary N) is 1. The Morgan fingerprint density at radius 1 is 1.13 bits per heavy atom. The molecule has 2 N–H and O–H groups in total. The lowest BCUT2D eigenvalue weighted by Crippen LogP contribution is -2.35. The van der Waals surface area contributed by atoms with Crippen LogP contribution in [0.15, 0.2) is 60.9 Å². The van der Waals surface area contributed by atoms with E-state index in [2.05, 4.69) is 33.1 Å². The van der Waals surface area contributed by atoms with E-state index in [0.717, 1.165) is 41.9 Å². The Hall–Kier alpha value is -3.51. The van der Waals surface area contributed by atoms with E-state index in [9.17, 15) is 5.11 Å². The fraction of sp³-hybridized carbons (Fsp3) is 0.240. The predicted molar refractivity (Wildman–Crippen MR) is 120 cm³/mol. The van der Waals surface area contributed by atoms with E-state index in [1.54, 1.807) is 26.5 Å². The van der Waals surface area contributed by atoms with Crippen molar-refractivity contribution in [2.45, 2.75) is 19.0 Å². The molecule has 0 bridgehead atoms. The van der Waals surface area contributed by atoms with Gasteiger partial charge in [-0.3, -0.25) is 9.88 Å². The van der Waals surface area contributed by atoms with Gasteiger partial charge in [0.05, 0.1) is 20.3 Å². The zero-order chi connectivity index (χ0) is 21.4. The summed E-state index contributed by atoms with van der Waals surface area (Å²) in [7, 11) is 3.27. The highest BCUT2D eigenvalue weighted by Crippen LogP contribution is 2.40. The molecule has 1 aliphatic heterocycles. The molecule has 31 heavy (non-hydrogen) atoms. The van der Waals surface area contributed by atoms with Gasteiger partial charge in [0.15, 0.2) is 11.5 Å². The summed E-state index contributed by atoms with van der Waals surface area (Å²) in [5.41, 5.74) is 5.89. The molecule has 0 aliphatic carbocycles. The molecule has 0 fully saturated rings. The van der Waals surface area contributed by atoms with Crippen LogP contribution in [0.4, 0.5) is 0 Å².